The quantitative estimate of drug-likeness (QED) is 0.846. The Kier molecular flexibility index (Phi) is 4.01. The van der Waals surface area contributed by atoms with E-state index in [4.69, 9.17) is 0 Å². The van der Waals surface area contributed by atoms with E-state index in [1.54, 1.807) is 12.1 Å². The molecule has 3 nitrogen and oxygen atoms in total. The minimum absolute atomic E-state index is 0.0259. The molecular weight excluding hydrogens is 255 g/mol. The van der Waals surface area contributed by atoms with Crippen molar-refractivity contribution < 1.29 is 9.18 Å². The lowest BCUT2D eigenvalue weighted by Crippen LogP contribution is -2.51. The van der Waals surface area contributed by atoms with Crippen molar-refractivity contribution >= 4 is 5.91 Å². The number of likely N-dealkylation sites (tertiary alicyclic amines) is 2. The summed E-state index contributed by atoms with van der Waals surface area (Å²) in [5, 5.41) is 0. The Bertz CT molecular complexity index is 485. The van der Waals surface area contributed by atoms with Crippen molar-refractivity contribution in [2.75, 3.05) is 19.6 Å². The van der Waals surface area contributed by atoms with Crippen LogP contribution < -0.4 is 0 Å². The summed E-state index contributed by atoms with van der Waals surface area (Å²) >= 11 is 0. The van der Waals surface area contributed by atoms with E-state index in [-0.39, 0.29) is 17.8 Å². The Labute approximate surface area is 119 Å². The van der Waals surface area contributed by atoms with Gasteiger partial charge in [0.25, 0.3) is 0 Å². The Morgan fingerprint density at radius 2 is 1.85 bits per heavy atom. The Balaban J connectivity index is 1.70. The highest BCUT2D eigenvalue weighted by atomic mass is 19.1. The summed E-state index contributed by atoms with van der Waals surface area (Å²) in [6.07, 6.45) is 4.35. The van der Waals surface area contributed by atoms with E-state index in [0.29, 0.717) is 12.1 Å². The van der Waals surface area contributed by atoms with Gasteiger partial charge in [-0.2, -0.15) is 0 Å². The Morgan fingerprint density at radius 1 is 1.10 bits per heavy atom. The van der Waals surface area contributed by atoms with E-state index in [1.165, 1.54) is 18.9 Å². The summed E-state index contributed by atoms with van der Waals surface area (Å²) < 4.78 is 13.7. The van der Waals surface area contributed by atoms with E-state index >= 15 is 0 Å². The summed E-state index contributed by atoms with van der Waals surface area (Å²) in [6, 6.07) is 6.76. The molecular formula is C16H21FN2O. The van der Waals surface area contributed by atoms with Gasteiger partial charge < -0.3 is 4.90 Å². The molecule has 0 radical (unpaired) electrons. The van der Waals surface area contributed by atoms with E-state index in [2.05, 4.69) is 4.90 Å². The molecule has 0 unspecified atom stereocenters. The number of halogens is 1. The molecule has 2 fully saturated rings. The van der Waals surface area contributed by atoms with Crippen LogP contribution in [0.5, 0.6) is 0 Å². The molecule has 2 aliphatic rings. The SMILES string of the molecule is O=C1[C@H](N2CCCC2)CCCN1Cc1ccccc1F. The van der Waals surface area contributed by atoms with Gasteiger partial charge in [-0.3, -0.25) is 9.69 Å². The third-order valence-corrected chi connectivity index (χ3v) is 4.40. The second-order valence-electron chi connectivity index (χ2n) is 5.75. The van der Waals surface area contributed by atoms with Crippen LogP contribution in [0.2, 0.25) is 0 Å². The van der Waals surface area contributed by atoms with Gasteiger partial charge in [0.2, 0.25) is 5.91 Å². The molecule has 20 heavy (non-hydrogen) atoms. The predicted octanol–water partition coefficient (Wildman–Crippen LogP) is 2.41. The fourth-order valence-electron chi connectivity index (χ4n) is 3.30. The number of benzene rings is 1. The molecule has 1 amide bonds. The third-order valence-electron chi connectivity index (χ3n) is 4.40. The highest BCUT2D eigenvalue weighted by Crippen LogP contribution is 2.23. The molecule has 0 bridgehead atoms. The summed E-state index contributed by atoms with van der Waals surface area (Å²) in [6.45, 7) is 3.21. The van der Waals surface area contributed by atoms with Gasteiger partial charge in [0.1, 0.15) is 5.82 Å². The van der Waals surface area contributed by atoms with Gasteiger partial charge in [-0.25, -0.2) is 4.39 Å². The van der Waals surface area contributed by atoms with Crippen LogP contribution in [0.4, 0.5) is 4.39 Å². The lowest BCUT2D eigenvalue weighted by atomic mass is 10.0. The van der Waals surface area contributed by atoms with E-state index in [1.807, 2.05) is 11.0 Å². The Morgan fingerprint density at radius 3 is 2.60 bits per heavy atom. The molecule has 1 aromatic carbocycles. The van der Waals surface area contributed by atoms with Crippen LogP contribution in [-0.2, 0) is 11.3 Å². The van der Waals surface area contributed by atoms with Gasteiger partial charge in [0.15, 0.2) is 0 Å². The van der Waals surface area contributed by atoms with Crippen molar-refractivity contribution in [3.8, 4) is 0 Å². The van der Waals surface area contributed by atoms with E-state index in [0.717, 1.165) is 32.5 Å². The zero-order valence-corrected chi connectivity index (χ0v) is 11.7. The molecule has 0 aromatic heterocycles. The minimum Gasteiger partial charge on any atom is -0.337 e. The van der Waals surface area contributed by atoms with Crippen molar-refractivity contribution in [3.05, 3.63) is 35.6 Å². The van der Waals surface area contributed by atoms with Crippen molar-refractivity contribution in [2.24, 2.45) is 0 Å². The molecule has 0 saturated carbocycles. The van der Waals surface area contributed by atoms with Gasteiger partial charge in [-0.1, -0.05) is 18.2 Å². The molecule has 2 heterocycles. The zero-order valence-electron chi connectivity index (χ0n) is 11.7. The molecule has 3 rings (SSSR count). The molecule has 2 aliphatic heterocycles. The lowest BCUT2D eigenvalue weighted by Gasteiger charge is -2.36. The molecule has 1 aromatic rings. The van der Waals surface area contributed by atoms with E-state index in [9.17, 15) is 9.18 Å². The van der Waals surface area contributed by atoms with Crippen molar-refractivity contribution in [2.45, 2.75) is 38.3 Å². The first-order valence-corrected chi connectivity index (χ1v) is 7.52. The minimum atomic E-state index is -0.219. The summed E-state index contributed by atoms with van der Waals surface area (Å²) in [7, 11) is 0. The fourth-order valence-corrected chi connectivity index (χ4v) is 3.30. The maximum absolute atomic E-state index is 13.7. The number of nitrogens with zero attached hydrogens (tertiary/aromatic N) is 2. The number of hydrogen-bond donors (Lipinski definition) is 0. The summed E-state index contributed by atoms with van der Waals surface area (Å²) in [5.74, 6) is -0.0370. The maximum atomic E-state index is 13.7. The molecule has 2 saturated heterocycles. The molecule has 0 spiro atoms. The normalized spacial score (nSPS) is 24.4. The van der Waals surface area contributed by atoms with Gasteiger partial charge >= 0.3 is 0 Å². The van der Waals surface area contributed by atoms with Gasteiger partial charge in [0, 0.05) is 18.7 Å². The molecule has 1 atom stereocenters. The van der Waals surface area contributed by atoms with Crippen LogP contribution in [0.1, 0.15) is 31.2 Å². The summed E-state index contributed by atoms with van der Waals surface area (Å²) in [4.78, 5) is 16.7. The molecule has 0 N–H and O–H groups in total. The highest BCUT2D eigenvalue weighted by Gasteiger charge is 2.34. The smallest absolute Gasteiger partial charge is 0.240 e. The number of hydrogen-bond acceptors (Lipinski definition) is 2. The highest BCUT2D eigenvalue weighted by molar-refractivity contribution is 5.82. The first-order valence-electron chi connectivity index (χ1n) is 7.52. The van der Waals surface area contributed by atoms with Crippen LogP contribution in [0.25, 0.3) is 0 Å². The van der Waals surface area contributed by atoms with Crippen LogP contribution in [0.15, 0.2) is 24.3 Å². The molecule has 4 heteroatoms. The fraction of sp³-hybridized carbons (Fsp3) is 0.562. The van der Waals surface area contributed by atoms with Crippen LogP contribution >= 0.6 is 0 Å². The zero-order chi connectivity index (χ0) is 13.9. The van der Waals surface area contributed by atoms with Crippen molar-refractivity contribution in [1.82, 2.24) is 9.80 Å². The molecule has 0 aliphatic carbocycles. The number of carbonyl (C=O) groups excluding carboxylic acids is 1. The number of rotatable bonds is 3. The topological polar surface area (TPSA) is 23.6 Å². The second-order valence-corrected chi connectivity index (χ2v) is 5.75. The standard InChI is InChI=1S/C16H21FN2O/c17-14-7-2-1-6-13(14)12-19-11-5-8-15(16(19)20)18-9-3-4-10-18/h1-2,6-7,15H,3-5,8-12H2/t15-/m1/s1. The average Bonchev–Trinajstić information content (AvgIpc) is 2.97. The van der Waals surface area contributed by atoms with Crippen LogP contribution in [0.3, 0.4) is 0 Å². The first-order chi connectivity index (χ1) is 9.75. The number of amides is 1. The van der Waals surface area contributed by atoms with Crippen LogP contribution in [-0.4, -0.2) is 41.4 Å². The summed E-state index contributed by atoms with van der Waals surface area (Å²) in [5.41, 5.74) is 0.614. The Hall–Kier alpha value is -1.42. The van der Waals surface area contributed by atoms with Crippen molar-refractivity contribution in [1.29, 1.82) is 0 Å². The lowest BCUT2D eigenvalue weighted by molar-refractivity contribution is -0.140. The molecule has 108 valence electrons. The van der Waals surface area contributed by atoms with Crippen LogP contribution in [0, 0.1) is 5.82 Å². The monoisotopic (exact) mass is 276 g/mol. The predicted molar refractivity (Wildman–Crippen MR) is 75.6 cm³/mol. The average molecular weight is 276 g/mol. The van der Waals surface area contributed by atoms with Gasteiger partial charge in [-0.05, 0) is 44.8 Å². The number of piperidine rings is 1. The van der Waals surface area contributed by atoms with Gasteiger partial charge in [0.05, 0.1) is 6.04 Å². The van der Waals surface area contributed by atoms with Gasteiger partial charge in [-0.15, -0.1) is 0 Å². The van der Waals surface area contributed by atoms with E-state index < -0.39 is 0 Å². The largest absolute Gasteiger partial charge is 0.337 e. The maximum Gasteiger partial charge on any atom is 0.240 e. The van der Waals surface area contributed by atoms with Crippen molar-refractivity contribution in [3.63, 3.8) is 0 Å². The number of carbonyl (C=O) groups is 1. The first kappa shape index (κ1) is 13.6. The second kappa shape index (κ2) is 5.92. The third kappa shape index (κ3) is 2.70.